The minimum atomic E-state index is -0.484. The number of benzene rings is 1. The van der Waals surface area contributed by atoms with Gasteiger partial charge in [-0.2, -0.15) is 0 Å². The predicted octanol–water partition coefficient (Wildman–Crippen LogP) is 1.47. The number of hydrogen-bond acceptors (Lipinski definition) is 3. The van der Waals surface area contributed by atoms with Crippen LogP contribution in [0.5, 0.6) is 0 Å². The van der Waals surface area contributed by atoms with E-state index in [-0.39, 0.29) is 0 Å². The zero-order chi connectivity index (χ0) is 14.4. The van der Waals surface area contributed by atoms with Crippen molar-refractivity contribution in [3.05, 3.63) is 53.6 Å². The summed E-state index contributed by atoms with van der Waals surface area (Å²) < 4.78 is 1.79. The normalized spacial score (nSPS) is 10.7. The fraction of sp³-hybridized carbons (Fsp3) is 0.333. The highest BCUT2D eigenvalue weighted by Crippen LogP contribution is 2.03. The van der Waals surface area contributed by atoms with Gasteiger partial charge in [0.2, 0.25) is 0 Å². The van der Waals surface area contributed by atoms with Crippen LogP contribution in [0.25, 0.3) is 0 Å². The molecule has 1 amide bonds. The van der Waals surface area contributed by atoms with Gasteiger partial charge in [0.05, 0.1) is 0 Å². The molecule has 106 valence electrons. The van der Waals surface area contributed by atoms with Gasteiger partial charge in [0.1, 0.15) is 0 Å². The third kappa shape index (κ3) is 3.93. The van der Waals surface area contributed by atoms with Crippen molar-refractivity contribution < 1.29 is 4.79 Å². The summed E-state index contributed by atoms with van der Waals surface area (Å²) in [4.78, 5) is 15.0. The van der Waals surface area contributed by atoms with E-state index in [0.717, 1.165) is 26.1 Å². The second kappa shape index (κ2) is 6.86. The fourth-order valence-electron chi connectivity index (χ4n) is 2.03. The van der Waals surface area contributed by atoms with E-state index in [0.29, 0.717) is 5.82 Å². The van der Waals surface area contributed by atoms with Gasteiger partial charge in [-0.25, -0.2) is 4.98 Å². The largest absolute Gasteiger partial charge is 0.363 e. The maximum Gasteiger partial charge on any atom is 0.284 e. The average Bonchev–Trinajstić information content (AvgIpc) is 2.89. The number of nitrogens with zero attached hydrogens (tertiary/aromatic N) is 2. The highest BCUT2D eigenvalue weighted by atomic mass is 16.1. The molecule has 20 heavy (non-hydrogen) atoms. The number of nitrogens with two attached hydrogens (primary N) is 1. The molecule has 0 fully saturated rings. The Kier molecular flexibility index (Phi) is 4.90. The second-order valence-electron chi connectivity index (χ2n) is 4.82. The third-order valence-corrected chi connectivity index (χ3v) is 3.14. The van der Waals surface area contributed by atoms with E-state index < -0.39 is 5.91 Å². The molecule has 1 heterocycles. The summed E-state index contributed by atoms with van der Waals surface area (Å²) in [5.74, 6) is -0.161. The van der Waals surface area contributed by atoms with Gasteiger partial charge in [-0.15, -0.1) is 0 Å². The number of aryl methyl sites for hydroxylation is 2. The molecule has 1 aromatic heterocycles. The van der Waals surface area contributed by atoms with Crippen LogP contribution in [-0.2, 0) is 13.1 Å². The van der Waals surface area contributed by atoms with Gasteiger partial charge in [0.15, 0.2) is 5.82 Å². The first-order valence-electron chi connectivity index (χ1n) is 6.74. The molecule has 5 nitrogen and oxygen atoms in total. The van der Waals surface area contributed by atoms with Crippen molar-refractivity contribution in [3.63, 3.8) is 0 Å². The lowest BCUT2D eigenvalue weighted by Crippen LogP contribution is -2.20. The molecule has 0 aliphatic heterocycles. The molecule has 0 saturated carbocycles. The van der Waals surface area contributed by atoms with Crippen LogP contribution in [0.1, 0.15) is 28.2 Å². The summed E-state index contributed by atoms with van der Waals surface area (Å²) in [6.45, 7) is 4.55. The van der Waals surface area contributed by atoms with Gasteiger partial charge in [0, 0.05) is 25.5 Å². The Morgan fingerprint density at radius 1 is 1.35 bits per heavy atom. The molecule has 2 aromatic rings. The van der Waals surface area contributed by atoms with Crippen LogP contribution in [0.3, 0.4) is 0 Å². The van der Waals surface area contributed by atoms with Crippen molar-refractivity contribution in [1.29, 1.82) is 0 Å². The number of carbonyl (C=O) groups is 1. The van der Waals surface area contributed by atoms with Crippen LogP contribution >= 0.6 is 0 Å². The maximum absolute atomic E-state index is 11.1. The number of carbonyl (C=O) groups excluding carboxylic acids is 1. The molecule has 0 atom stereocenters. The quantitative estimate of drug-likeness (QED) is 0.750. The summed E-state index contributed by atoms with van der Waals surface area (Å²) in [5, 5.41) is 3.38. The van der Waals surface area contributed by atoms with Gasteiger partial charge >= 0.3 is 0 Å². The van der Waals surface area contributed by atoms with E-state index in [1.807, 2.05) is 0 Å². The molecular weight excluding hydrogens is 252 g/mol. The fourth-order valence-corrected chi connectivity index (χ4v) is 2.03. The summed E-state index contributed by atoms with van der Waals surface area (Å²) in [5.41, 5.74) is 7.78. The zero-order valence-electron chi connectivity index (χ0n) is 11.7. The number of primary amides is 1. The summed E-state index contributed by atoms with van der Waals surface area (Å²) in [6, 6.07) is 8.48. The topological polar surface area (TPSA) is 72.9 Å². The highest BCUT2D eigenvalue weighted by molar-refractivity contribution is 5.89. The lowest BCUT2D eigenvalue weighted by molar-refractivity contribution is 0.0986. The van der Waals surface area contributed by atoms with Crippen molar-refractivity contribution in [2.75, 3.05) is 6.54 Å². The molecule has 0 spiro atoms. The average molecular weight is 272 g/mol. The van der Waals surface area contributed by atoms with Gasteiger partial charge in [0.25, 0.3) is 5.91 Å². The molecule has 0 aliphatic rings. The van der Waals surface area contributed by atoms with Gasteiger partial charge < -0.3 is 15.6 Å². The molecule has 0 aliphatic carbocycles. The van der Waals surface area contributed by atoms with Crippen LogP contribution < -0.4 is 11.1 Å². The minimum Gasteiger partial charge on any atom is -0.363 e. The number of imidazole rings is 1. The van der Waals surface area contributed by atoms with Crippen molar-refractivity contribution in [2.24, 2.45) is 5.73 Å². The lowest BCUT2D eigenvalue weighted by atomic mass is 10.1. The Balaban J connectivity index is 1.70. The van der Waals surface area contributed by atoms with E-state index in [2.05, 4.69) is 41.5 Å². The van der Waals surface area contributed by atoms with E-state index in [1.165, 1.54) is 11.1 Å². The number of hydrogen-bond donors (Lipinski definition) is 2. The standard InChI is InChI=1S/C15H20N4O/c1-12-3-5-13(6-4-12)11-17-7-2-9-19-10-8-18-15(19)14(16)20/h3-6,8,10,17H,2,7,9,11H2,1H3,(H2,16,20). The van der Waals surface area contributed by atoms with Gasteiger partial charge in [-0.3, -0.25) is 4.79 Å². The zero-order valence-corrected chi connectivity index (χ0v) is 11.7. The molecular formula is C15H20N4O. The summed E-state index contributed by atoms with van der Waals surface area (Å²) in [6.07, 6.45) is 4.29. The minimum absolute atomic E-state index is 0.323. The van der Waals surface area contributed by atoms with Crippen molar-refractivity contribution in [3.8, 4) is 0 Å². The van der Waals surface area contributed by atoms with Crippen molar-refractivity contribution in [2.45, 2.75) is 26.4 Å². The first-order chi connectivity index (χ1) is 9.66. The maximum atomic E-state index is 11.1. The van der Waals surface area contributed by atoms with Crippen LogP contribution in [0.2, 0.25) is 0 Å². The molecule has 5 heteroatoms. The van der Waals surface area contributed by atoms with Crippen LogP contribution in [0, 0.1) is 6.92 Å². The van der Waals surface area contributed by atoms with Crippen LogP contribution in [0.4, 0.5) is 0 Å². The van der Waals surface area contributed by atoms with Crippen molar-refractivity contribution in [1.82, 2.24) is 14.9 Å². The lowest BCUT2D eigenvalue weighted by Gasteiger charge is -2.07. The number of rotatable bonds is 7. The molecule has 2 rings (SSSR count). The predicted molar refractivity (Wildman–Crippen MR) is 78.2 cm³/mol. The second-order valence-corrected chi connectivity index (χ2v) is 4.82. The Bertz CT molecular complexity index is 560. The number of aromatic nitrogens is 2. The smallest absolute Gasteiger partial charge is 0.284 e. The van der Waals surface area contributed by atoms with Crippen LogP contribution in [-0.4, -0.2) is 22.0 Å². The Labute approximate surface area is 118 Å². The first kappa shape index (κ1) is 14.3. The molecule has 0 radical (unpaired) electrons. The van der Waals surface area contributed by atoms with E-state index in [9.17, 15) is 4.79 Å². The first-order valence-corrected chi connectivity index (χ1v) is 6.74. The summed E-state index contributed by atoms with van der Waals surface area (Å²) in [7, 11) is 0. The van der Waals surface area contributed by atoms with E-state index >= 15 is 0 Å². The third-order valence-electron chi connectivity index (χ3n) is 3.14. The Morgan fingerprint density at radius 2 is 2.10 bits per heavy atom. The molecule has 0 saturated heterocycles. The van der Waals surface area contributed by atoms with Crippen molar-refractivity contribution >= 4 is 5.91 Å². The Morgan fingerprint density at radius 3 is 2.80 bits per heavy atom. The molecule has 0 bridgehead atoms. The highest BCUT2D eigenvalue weighted by Gasteiger charge is 2.07. The molecule has 1 aromatic carbocycles. The van der Waals surface area contributed by atoms with E-state index in [1.54, 1.807) is 17.0 Å². The monoisotopic (exact) mass is 272 g/mol. The van der Waals surface area contributed by atoms with E-state index in [4.69, 9.17) is 5.73 Å². The SMILES string of the molecule is Cc1ccc(CNCCCn2ccnc2C(N)=O)cc1. The number of amides is 1. The molecule has 3 N–H and O–H groups in total. The summed E-state index contributed by atoms with van der Waals surface area (Å²) >= 11 is 0. The molecule has 0 unspecified atom stereocenters. The number of nitrogens with one attached hydrogen (secondary N) is 1. The van der Waals surface area contributed by atoms with Crippen LogP contribution in [0.15, 0.2) is 36.7 Å². The van der Waals surface area contributed by atoms with Gasteiger partial charge in [-0.1, -0.05) is 29.8 Å². The van der Waals surface area contributed by atoms with Gasteiger partial charge in [-0.05, 0) is 25.5 Å². The Hall–Kier alpha value is -2.14.